The van der Waals surface area contributed by atoms with E-state index in [2.05, 4.69) is 4.98 Å². The molecule has 0 bridgehead atoms. The third kappa shape index (κ3) is 3.66. The summed E-state index contributed by atoms with van der Waals surface area (Å²) in [6.07, 6.45) is -9.22. The van der Waals surface area contributed by atoms with Crippen LogP contribution >= 0.6 is 22.6 Å². The Hall–Kier alpha value is -1.32. The van der Waals surface area contributed by atoms with Crippen LogP contribution in [0.2, 0.25) is 0 Å². The predicted molar refractivity (Wildman–Crippen MR) is 72.4 cm³/mol. The van der Waals surface area contributed by atoms with E-state index in [1.54, 1.807) is 22.6 Å². The lowest BCUT2D eigenvalue weighted by molar-refractivity contribution is -0.141. The molecule has 0 aliphatic heterocycles. The van der Waals surface area contributed by atoms with Gasteiger partial charge >= 0.3 is 12.4 Å². The van der Waals surface area contributed by atoms with E-state index in [9.17, 15) is 26.3 Å². The number of halogens is 7. The number of benzene rings is 1. The Labute approximate surface area is 129 Å². The largest absolute Gasteiger partial charge is 0.433 e. The number of aromatic nitrogens is 1. The first-order valence-corrected chi connectivity index (χ1v) is 6.58. The molecular formula is C13H6F6IN. The van der Waals surface area contributed by atoms with E-state index in [-0.39, 0.29) is 11.3 Å². The molecule has 0 spiro atoms. The van der Waals surface area contributed by atoms with Gasteiger partial charge in [-0.2, -0.15) is 26.3 Å². The van der Waals surface area contributed by atoms with Gasteiger partial charge in [-0.25, -0.2) is 4.98 Å². The van der Waals surface area contributed by atoms with E-state index in [1.165, 1.54) is 12.1 Å². The van der Waals surface area contributed by atoms with Crippen molar-refractivity contribution >= 4 is 22.6 Å². The Kier molecular flexibility index (Phi) is 4.18. The van der Waals surface area contributed by atoms with E-state index < -0.39 is 23.6 Å². The molecule has 0 amide bonds. The van der Waals surface area contributed by atoms with E-state index >= 15 is 0 Å². The van der Waals surface area contributed by atoms with Gasteiger partial charge in [0.15, 0.2) is 0 Å². The van der Waals surface area contributed by atoms with Crippen molar-refractivity contribution in [3.63, 3.8) is 0 Å². The van der Waals surface area contributed by atoms with Crippen LogP contribution in [0.15, 0.2) is 36.4 Å². The van der Waals surface area contributed by atoms with Gasteiger partial charge in [-0.1, -0.05) is 12.1 Å². The molecule has 0 radical (unpaired) electrons. The van der Waals surface area contributed by atoms with Crippen LogP contribution in [-0.2, 0) is 12.4 Å². The van der Waals surface area contributed by atoms with E-state index in [0.29, 0.717) is 3.57 Å². The molecule has 0 fully saturated rings. The number of rotatable bonds is 1. The molecule has 0 saturated carbocycles. The molecule has 1 heterocycles. The normalized spacial score (nSPS) is 12.5. The Morgan fingerprint density at radius 2 is 1.52 bits per heavy atom. The minimum atomic E-state index is -4.65. The molecule has 2 rings (SSSR count). The van der Waals surface area contributed by atoms with Crippen LogP contribution < -0.4 is 0 Å². The van der Waals surface area contributed by atoms with Gasteiger partial charge in [0.2, 0.25) is 0 Å². The summed E-state index contributed by atoms with van der Waals surface area (Å²) in [5, 5.41) is 0. The fourth-order valence-electron chi connectivity index (χ4n) is 1.65. The molecule has 0 aliphatic carbocycles. The zero-order valence-corrected chi connectivity index (χ0v) is 12.2. The first-order valence-electron chi connectivity index (χ1n) is 5.50. The first kappa shape index (κ1) is 16.1. The van der Waals surface area contributed by atoms with E-state index in [4.69, 9.17) is 0 Å². The van der Waals surface area contributed by atoms with Gasteiger partial charge in [-0.05, 0) is 46.9 Å². The Bertz CT molecular complexity index is 662. The van der Waals surface area contributed by atoms with Crippen LogP contribution in [0.1, 0.15) is 11.3 Å². The second kappa shape index (κ2) is 5.47. The highest BCUT2D eigenvalue weighted by Gasteiger charge is 2.34. The van der Waals surface area contributed by atoms with Crippen molar-refractivity contribution in [2.24, 2.45) is 0 Å². The molecule has 112 valence electrons. The molecule has 0 saturated heterocycles. The van der Waals surface area contributed by atoms with Crippen molar-refractivity contribution < 1.29 is 26.3 Å². The molecule has 1 aromatic carbocycles. The summed E-state index contributed by atoms with van der Waals surface area (Å²) in [7, 11) is 0. The van der Waals surface area contributed by atoms with Crippen molar-refractivity contribution in [3.05, 3.63) is 51.2 Å². The molecule has 21 heavy (non-hydrogen) atoms. The Balaban J connectivity index is 2.57. The van der Waals surface area contributed by atoms with Crippen LogP contribution in [0.25, 0.3) is 11.3 Å². The zero-order chi connectivity index (χ0) is 15.8. The van der Waals surface area contributed by atoms with Crippen LogP contribution in [0.3, 0.4) is 0 Å². The van der Waals surface area contributed by atoms with Gasteiger partial charge in [0.05, 0.1) is 11.3 Å². The Morgan fingerprint density at radius 3 is 2.10 bits per heavy atom. The highest BCUT2D eigenvalue weighted by Crippen LogP contribution is 2.35. The van der Waals surface area contributed by atoms with Crippen LogP contribution in [0, 0.1) is 3.57 Å². The summed E-state index contributed by atoms with van der Waals surface area (Å²) >= 11 is 1.73. The number of nitrogens with zero attached hydrogens (tertiary/aromatic N) is 1. The predicted octanol–water partition coefficient (Wildman–Crippen LogP) is 5.39. The monoisotopic (exact) mass is 417 g/mol. The average molecular weight is 417 g/mol. The second-order valence-corrected chi connectivity index (χ2v) is 5.27. The number of hydrogen-bond donors (Lipinski definition) is 0. The van der Waals surface area contributed by atoms with Crippen molar-refractivity contribution in [2.45, 2.75) is 12.4 Å². The second-order valence-electron chi connectivity index (χ2n) is 4.10. The number of alkyl halides is 6. The maximum Gasteiger partial charge on any atom is 0.433 e. The van der Waals surface area contributed by atoms with Crippen molar-refractivity contribution in [3.8, 4) is 11.3 Å². The lowest BCUT2D eigenvalue weighted by Crippen LogP contribution is -2.09. The molecule has 0 atom stereocenters. The summed E-state index contributed by atoms with van der Waals surface area (Å²) in [6, 6.07) is 6.02. The lowest BCUT2D eigenvalue weighted by Gasteiger charge is -2.12. The quantitative estimate of drug-likeness (QED) is 0.448. The maximum absolute atomic E-state index is 12.7. The van der Waals surface area contributed by atoms with Crippen LogP contribution in [0.4, 0.5) is 26.3 Å². The van der Waals surface area contributed by atoms with E-state index in [0.717, 1.165) is 24.3 Å². The molecule has 8 heteroatoms. The fraction of sp³-hybridized carbons (Fsp3) is 0.154. The Morgan fingerprint density at radius 1 is 0.857 bits per heavy atom. The van der Waals surface area contributed by atoms with Gasteiger partial charge in [-0.3, -0.25) is 0 Å². The van der Waals surface area contributed by atoms with Crippen LogP contribution in [0.5, 0.6) is 0 Å². The standard InChI is InChI=1S/C13H6F6IN/c14-12(15,16)8-3-1-2-7(6-8)11-9(20)4-5-10(21-11)13(17,18)19/h1-6H. The fourth-order valence-corrected chi connectivity index (χ4v) is 2.26. The summed E-state index contributed by atoms with van der Waals surface area (Å²) in [4.78, 5) is 3.44. The molecular weight excluding hydrogens is 411 g/mol. The third-order valence-corrected chi connectivity index (χ3v) is 3.47. The van der Waals surface area contributed by atoms with Gasteiger partial charge < -0.3 is 0 Å². The van der Waals surface area contributed by atoms with Gasteiger partial charge in [0.1, 0.15) is 5.69 Å². The summed E-state index contributed by atoms with van der Waals surface area (Å²) < 4.78 is 76.2. The number of pyridine rings is 1. The third-order valence-electron chi connectivity index (χ3n) is 2.60. The highest BCUT2D eigenvalue weighted by molar-refractivity contribution is 14.1. The summed E-state index contributed by atoms with van der Waals surface area (Å²) in [6.45, 7) is 0. The first-order chi connectivity index (χ1) is 9.59. The molecule has 1 aromatic heterocycles. The number of hydrogen-bond acceptors (Lipinski definition) is 1. The van der Waals surface area contributed by atoms with Gasteiger partial charge in [0, 0.05) is 9.13 Å². The van der Waals surface area contributed by atoms with E-state index in [1.807, 2.05) is 0 Å². The van der Waals surface area contributed by atoms with Crippen LogP contribution in [-0.4, -0.2) is 4.98 Å². The molecule has 2 aromatic rings. The maximum atomic E-state index is 12.7. The van der Waals surface area contributed by atoms with Crippen molar-refractivity contribution in [1.29, 1.82) is 0 Å². The van der Waals surface area contributed by atoms with Gasteiger partial charge in [-0.15, -0.1) is 0 Å². The van der Waals surface area contributed by atoms with Crippen molar-refractivity contribution in [1.82, 2.24) is 4.98 Å². The molecule has 0 N–H and O–H groups in total. The highest BCUT2D eigenvalue weighted by atomic mass is 127. The molecule has 0 unspecified atom stereocenters. The SMILES string of the molecule is FC(F)(F)c1cccc(-c2nc(C(F)(F)F)ccc2I)c1. The topological polar surface area (TPSA) is 12.9 Å². The molecule has 1 nitrogen and oxygen atoms in total. The minimum absolute atomic E-state index is 0.0136. The zero-order valence-electron chi connectivity index (χ0n) is 10.1. The van der Waals surface area contributed by atoms with Gasteiger partial charge in [0.25, 0.3) is 0 Å². The average Bonchev–Trinajstić information content (AvgIpc) is 2.37. The molecule has 0 aliphatic rings. The minimum Gasteiger partial charge on any atom is -0.242 e. The lowest BCUT2D eigenvalue weighted by atomic mass is 10.1. The smallest absolute Gasteiger partial charge is 0.242 e. The van der Waals surface area contributed by atoms with Crippen molar-refractivity contribution in [2.75, 3.05) is 0 Å². The summed E-state index contributed by atoms with van der Waals surface area (Å²) in [5.41, 5.74) is -2.22. The summed E-state index contributed by atoms with van der Waals surface area (Å²) in [5.74, 6) is 0.